The molecule has 0 saturated carbocycles. The molecule has 7 nitrogen and oxygen atoms in total. The standard InChI is InChI=1S/C21H23ClN4O3S/c22-17-9-11-18(12-10-17)26-20(16-7-3-1-4-8-16)15-19(23-26)21(27)24-30(28,29)25-13-5-2-6-14-25/h1,3-4,7-12,20H,2,5-6,13-15H2,(H,24,27). The molecule has 0 radical (unpaired) electrons. The average molecular weight is 447 g/mol. The van der Waals surface area contributed by atoms with Gasteiger partial charge in [0.2, 0.25) is 0 Å². The molecule has 2 aromatic rings. The van der Waals surface area contributed by atoms with Gasteiger partial charge < -0.3 is 0 Å². The summed E-state index contributed by atoms with van der Waals surface area (Å²) in [7, 11) is -3.87. The van der Waals surface area contributed by atoms with E-state index in [-0.39, 0.29) is 11.8 Å². The number of hydrazone groups is 1. The van der Waals surface area contributed by atoms with Crippen LogP contribution in [0.2, 0.25) is 5.02 Å². The Kier molecular flexibility index (Phi) is 6.08. The first-order valence-electron chi connectivity index (χ1n) is 9.93. The molecule has 0 aromatic heterocycles. The first-order valence-corrected chi connectivity index (χ1v) is 11.8. The van der Waals surface area contributed by atoms with Crippen molar-refractivity contribution in [3.63, 3.8) is 0 Å². The second kappa shape index (κ2) is 8.75. The van der Waals surface area contributed by atoms with E-state index in [1.165, 1.54) is 4.31 Å². The summed E-state index contributed by atoms with van der Waals surface area (Å²) in [5, 5.41) is 6.83. The first-order chi connectivity index (χ1) is 14.4. The van der Waals surface area contributed by atoms with Gasteiger partial charge in [0, 0.05) is 24.5 Å². The van der Waals surface area contributed by atoms with Gasteiger partial charge in [-0.1, -0.05) is 48.4 Å². The van der Waals surface area contributed by atoms with Crippen LogP contribution in [0.25, 0.3) is 0 Å². The average Bonchev–Trinajstić information content (AvgIpc) is 3.21. The van der Waals surface area contributed by atoms with Gasteiger partial charge in [0.25, 0.3) is 5.91 Å². The fourth-order valence-electron chi connectivity index (χ4n) is 3.76. The summed E-state index contributed by atoms with van der Waals surface area (Å²) >= 11 is 6.01. The van der Waals surface area contributed by atoms with Gasteiger partial charge in [-0.3, -0.25) is 9.80 Å². The molecule has 30 heavy (non-hydrogen) atoms. The summed E-state index contributed by atoms with van der Waals surface area (Å²) in [5.41, 5.74) is 1.94. The molecule has 2 heterocycles. The largest absolute Gasteiger partial charge is 0.304 e. The van der Waals surface area contributed by atoms with Crippen molar-refractivity contribution in [2.24, 2.45) is 5.10 Å². The van der Waals surface area contributed by atoms with Crippen LogP contribution in [0.5, 0.6) is 0 Å². The third kappa shape index (κ3) is 4.50. The van der Waals surface area contributed by atoms with Crippen molar-refractivity contribution in [3.05, 3.63) is 65.2 Å². The van der Waals surface area contributed by atoms with E-state index in [0.29, 0.717) is 24.5 Å². The van der Waals surface area contributed by atoms with Crippen molar-refractivity contribution in [1.29, 1.82) is 0 Å². The van der Waals surface area contributed by atoms with Crippen LogP contribution in [-0.2, 0) is 15.0 Å². The number of anilines is 1. The molecule has 1 saturated heterocycles. The van der Waals surface area contributed by atoms with Crippen molar-refractivity contribution in [3.8, 4) is 0 Å². The van der Waals surface area contributed by atoms with E-state index in [1.54, 1.807) is 17.1 Å². The van der Waals surface area contributed by atoms with E-state index in [0.717, 1.165) is 30.5 Å². The van der Waals surface area contributed by atoms with Gasteiger partial charge in [0.15, 0.2) is 0 Å². The number of amides is 1. The molecular formula is C21H23ClN4O3S. The van der Waals surface area contributed by atoms with Gasteiger partial charge in [-0.05, 0) is 42.7 Å². The van der Waals surface area contributed by atoms with Crippen molar-refractivity contribution in [1.82, 2.24) is 9.03 Å². The number of carbonyl (C=O) groups excluding carboxylic acids is 1. The number of rotatable bonds is 5. The second-order valence-corrected chi connectivity index (χ2v) is 9.50. The molecule has 1 N–H and O–H groups in total. The van der Waals surface area contributed by atoms with Crippen LogP contribution >= 0.6 is 11.6 Å². The highest BCUT2D eigenvalue weighted by Crippen LogP contribution is 2.35. The van der Waals surface area contributed by atoms with E-state index in [9.17, 15) is 13.2 Å². The Balaban J connectivity index is 1.58. The minimum Gasteiger partial charge on any atom is -0.267 e. The SMILES string of the molecule is O=C(NS(=O)(=O)N1CCCCC1)C1=NN(c2ccc(Cl)cc2)C(c2ccccc2)C1. The van der Waals surface area contributed by atoms with E-state index >= 15 is 0 Å². The maximum Gasteiger partial charge on any atom is 0.304 e. The Labute approximate surface area is 181 Å². The lowest BCUT2D eigenvalue weighted by molar-refractivity contribution is -0.113. The van der Waals surface area contributed by atoms with E-state index < -0.39 is 16.1 Å². The van der Waals surface area contributed by atoms with E-state index in [4.69, 9.17) is 11.6 Å². The molecule has 0 aliphatic carbocycles. The zero-order valence-corrected chi connectivity index (χ0v) is 17.9. The zero-order chi connectivity index (χ0) is 21.1. The van der Waals surface area contributed by atoms with Gasteiger partial charge in [0.05, 0.1) is 11.7 Å². The number of piperidine rings is 1. The summed E-state index contributed by atoms with van der Waals surface area (Å²) in [5.74, 6) is -0.682. The van der Waals surface area contributed by atoms with Crippen molar-refractivity contribution < 1.29 is 13.2 Å². The number of hydrogen-bond acceptors (Lipinski definition) is 5. The summed E-state index contributed by atoms with van der Waals surface area (Å²) in [6.07, 6.45) is 2.91. The molecule has 9 heteroatoms. The molecule has 2 aliphatic rings. The van der Waals surface area contributed by atoms with Gasteiger partial charge in [-0.25, -0.2) is 4.72 Å². The minimum absolute atomic E-state index is 0.180. The lowest BCUT2D eigenvalue weighted by Gasteiger charge is -2.25. The second-order valence-electron chi connectivity index (χ2n) is 7.39. The monoisotopic (exact) mass is 446 g/mol. The van der Waals surface area contributed by atoms with Gasteiger partial charge in [-0.15, -0.1) is 0 Å². The first kappa shape index (κ1) is 20.8. The van der Waals surface area contributed by atoms with Gasteiger partial charge in [0.1, 0.15) is 5.71 Å². The molecule has 0 bridgehead atoms. The van der Waals surface area contributed by atoms with Crippen LogP contribution in [0.1, 0.15) is 37.3 Å². The summed E-state index contributed by atoms with van der Waals surface area (Å²) in [6, 6.07) is 16.7. The van der Waals surface area contributed by atoms with Crippen LogP contribution in [0.4, 0.5) is 5.69 Å². The Morgan fingerprint density at radius 3 is 2.33 bits per heavy atom. The number of nitrogens with one attached hydrogen (secondary N) is 1. The number of benzene rings is 2. The maximum absolute atomic E-state index is 12.8. The quantitative estimate of drug-likeness (QED) is 0.762. The highest BCUT2D eigenvalue weighted by Gasteiger charge is 2.35. The van der Waals surface area contributed by atoms with Crippen molar-refractivity contribution >= 4 is 39.1 Å². The molecule has 1 amide bonds. The topological polar surface area (TPSA) is 82.1 Å². The minimum atomic E-state index is -3.87. The molecular weight excluding hydrogens is 424 g/mol. The predicted octanol–water partition coefficient (Wildman–Crippen LogP) is 3.49. The summed E-state index contributed by atoms with van der Waals surface area (Å²) < 4.78 is 28.7. The Morgan fingerprint density at radius 1 is 1.00 bits per heavy atom. The lowest BCUT2D eigenvalue weighted by Crippen LogP contribution is -2.47. The Bertz CT molecular complexity index is 1040. The normalized spacial score (nSPS) is 20.1. The maximum atomic E-state index is 12.8. The van der Waals surface area contributed by atoms with Crippen LogP contribution in [0.15, 0.2) is 59.7 Å². The van der Waals surface area contributed by atoms with E-state index in [1.807, 2.05) is 42.5 Å². The van der Waals surface area contributed by atoms with Crippen molar-refractivity contribution in [2.45, 2.75) is 31.7 Å². The molecule has 4 rings (SSSR count). The van der Waals surface area contributed by atoms with Crippen LogP contribution in [0, 0.1) is 0 Å². The van der Waals surface area contributed by atoms with Crippen LogP contribution in [0.3, 0.4) is 0 Å². The Hall–Kier alpha value is -2.42. The fraction of sp³-hybridized carbons (Fsp3) is 0.333. The molecule has 0 spiro atoms. The smallest absolute Gasteiger partial charge is 0.267 e. The highest BCUT2D eigenvalue weighted by molar-refractivity contribution is 7.87. The van der Waals surface area contributed by atoms with Crippen molar-refractivity contribution in [2.75, 3.05) is 18.1 Å². The third-order valence-electron chi connectivity index (χ3n) is 5.32. The molecule has 1 atom stereocenters. The van der Waals surface area contributed by atoms with Gasteiger partial charge >= 0.3 is 10.2 Å². The molecule has 1 fully saturated rings. The number of carbonyl (C=O) groups is 1. The fourth-order valence-corrected chi connectivity index (χ4v) is 5.11. The molecule has 1 unspecified atom stereocenters. The zero-order valence-electron chi connectivity index (χ0n) is 16.4. The van der Waals surface area contributed by atoms with Gasteiger partial charge in [-0.2, -0.15) is 17.8 Å². The summed E-state index contributed by atoms with van der Waals surface area (Å²) in [6.45, 7) is 0.858. The third-order valence-corrected chi connectivity index (χ3v) is 7.06. The number of hydrogen-bond donors (Lipinski definition) is 1. The van der Waals surface area contributed by atoms with Crippen LogP contribution < -0.4 is 9.73 Å². The number of halogens is 1. The molecule has 2 aliphatic heterocycles. The molecule has 158 valence electrons. The highest BCUT2D eigenvalue weighted by atomic mass is 35.5. The Morgan fingerprint density at radius 2 is 1.67 bits per heavy atom. The summed E-state index contributed by atoms with van der Waals surface area (Å²) in [4.78, 5) is 12.8. The number of nitrogens with zero attached hydrogens (tertiary/aromatic N) is 3. The lowest BCUT2D eigenvalue weighted by atomic mass is 10.0. The molecule has 2 aromatic carbocycles. The van der Waals surface area contributed by atoms with E-state index in [2.05, 4.69) is 9.82 Å². The van der Waals surface area contributed by atoms with Crippen LogP contribution in [-0.4, -0.2) is 37.4 Å². The predicted molar refractivity (Wildman–Crippen MR) is 118 cm³/mol.